The lowest BCUT2D eigenvalue weighted by Gasteiger charge is -2.24. The Bertz CT molecular complexity index is 801. The third-order valence-electron chi connectivity index (χ3n) is 3.91. The van der Waals surface area contributed by atoms with Gasteiger partial charge in [-0.3, -0.25) is 4.79 Å². The minimum Gasteiger partial charge on any atom is -0.504 e. The molecule has 0 aromatic heterocycles. The zero-order valence-corrected chi connectivity index (χ0v) is 15.0. The van der Waals surface area contributed by atoms with E-state index in [0.717, 1.165) is 5.56 Å². The number of ether oxygens (including phenoxy) is 3. The fourth-order valence-corrected chi connectivity index (χ4v) is 2.49. The number of allylic oxidation sites excluding steroid dienone is 1. The summed E-state index contributed by atoms with van der Waals surface area (Å²) in [5.41, 5.74) is 1.14. The number of aldehydes is 1. The molecule has 0 bridgehead atoms. The van der Waals surface area contributed by atoms with E-state index in [1.165, 1.54) is 38.5 Å². The third kappa shape index (κ3) is 4.99. The van der Waals surface area contributed by atoms with E-state index < -0.39 is 18.8 Å². The van der Waals surface area contributed by atoms with Crippen LogP contribution in [0.25, 0.3) is 6.08 Å². The average Bonchev–Trinajstić information content (AvgIpc) is 2.70. The van der Waals surface area contributed by atoms with Crippen LogP contribution >= 0.6 is 0 Å². The Labute approximate surface area is 157 Å². The molecule has 0 heterocycles. The number of hydrogen-bond acceptors (Lipinski definition) is 7. The second-order valence-corrected chi connectivity index (χ2v) is 5.62. The molecule has 0 amide bonds. The first-order valence-electron chi connectivity index (χ1n) is 8.16. The lowest BCUT2D eigenvalue weighted by atomic mass is 10.0. The Hall–Kier alpha value is -3.03. The Morgan fingerprint density at radius 1 is 1.04 bits per heavy atom. The van der Waals surface area contributed by atoms with E-state index in [1.54, 1.807) is 24.3 Å². The van der Waals surface area contributed by atoms with Gasteiger partial charge in [0.2, 0.25) is 0 Å². The molecule has 2 atom stereocenters. The van der Waals surface area contributed by atoms with Crippen molar-refractivity contribution < 1.29 is 34.3 Å². The molecule has 0 aliphatic carbocycles. The molecule has 0 unspecified atom stereocenters. The van der Waals surface area contributed by atoms with E-state index >= 15 is 0 Å². The van der Waals surface area contributed by atoms with Crippen molar-refractivity contribution in [1.82, 2.24) is 0 Å². The SMILES string of the molecule is COc1cc([C@@H](O)[C@@H](CO)Oc2ccc(/C=C/C=O)cc2OC)ccc1O. The summed E-state index contributed by atoms with van der Waals surface area (Å²) in [6, 6.07) is 9.37. The molecule has 0 saturated heterocycles. The second kappa shape index (κ2) is 9.61. The number of methoxy groups -OCH3 is 2. The van der Waals surface area contributed by atoms with Gasteiger partial charge in [-0.15, -0.1) is 0 Å². The molecule has 3 N–H and O–H groups in total. The maximum absolute atomic E-state index is 10.6. The number of hydrogen-bond donors (Lipinski definition) is 3. The van der Waals surface area contributed by atoms with Crippen LogP contribution in [0.3, 0.4) is 0 Å². The molecule has 0 radical (unpaired) electrons. The highest BCUT2D eigenvalue weighted by atomic mass is 16.5. The lowest BCUT2D eigenvalue weighted by molar-refractivity contribution is -0.104. The summed E-state index contributed by atoms with van der Waals surface area (Å²) in [6.07, 6.45) is 1.48. The predicted molar refractivity (Wildman–Crippen MR) is 99.2 cm³/mol. The summed E-state index contributed by atoms with van der Waals surface area (Å²) in [5.74, 6) is 0.851. The van der Waals surface area contributed by atoms with E-state index in [4.69, 9.17) is 14.2 Å². The van der Waals surface area contributed by atoms with Crippen LogP contribution in [-0.4, -0.2) is 48.5 Å². The summed E-state index contributed by atoms with van der Waals surface area (Å²) in [5, 5.41) is 29.9. The highest BCUT2D eigenvalue weighted by molar-refractivity contribution is 5.74. The number of phenolic OH excluding ortho intramolecular Hbond substituents is 1. The number of aliphatic hydroxyl groups is 2. The predicted octanol–water partition coefficient (Wildman–Crippen LogP) is 2.09. The molecule has 0 saturated carbocycles. The normalized spacial score (nSPS) is 13.2. The van der Waals surface area contributed by atoms with E-state index in [-0.39, 0.29) is 11.5 Å². The first-order valence-corrected chi connectivity index (χ1v) is 8.16. The summed E-state index contributed by atoms with van der Waals surface area (Å²) in [4.78, 5) is 10.4. The minimum absolute atomic E-state index is 0.0597. The van der Waals surface area contributed by atoms with Gasteiger partial charge in [-0.1, -0.05) is 18.2 Å². The zero-order valence-electron chi connectivity index (χ0n) is 15.0. The quantitative estimate of drug-likeness (QED) is 0.456. The van der Waals surface area contributed by atoms with Crippen molar-refractivity contribution in [3.8, 4) is 23.0 Å². The van der Waals surface area contributed by atoms with Crippen LogP contribution in [0.5, 0.6) is 23.0 Å². The van der Waals surface area contributed by atoms with E-state index in [1.807, 2.05) is 0 Å². The highest BCUT2D eigenvalue weighted by Crippen LogP contribution is 2.34. The van der Waals surface area contributed by atoms with E-state index in [0.29, 0.717) is 23.3 Å². The lowest BCUT2D eigenvalue weighted by Crippen LogP contribution is -2.29. The van der Waals surface area contributed by atoms with Gasteiger partial charge in [-0.25, -0.2) is 0 Å². The van der Waals surface area contributed by atoms with Gasteiger partial charge in [0, 0.05) is 0 Å². The minimum atomic E-state index is -1.18. The molecule has 2 aromatic carbocycles. The number of carbonyl (C=O) groups is 1. The second-order valence-electron chi connectivity index (χ2n) is 5.62. The molecule has 27 heavy (non-hydrogen) atoms. The number of rotatable bonds is 9. The van der Waals surface area contributed by atoms with Crippen molar-refractivity contribution in [3.63, 3.8) is 0 Å². The third-order valence-corrected chi connectivity index (χ3v) is 3.91. The fourth-order valence-electron chi connectivity index (χ4n) is 2.49. The molecule has 144 valence electrons. The molecule has 7 nitrogen and oxygen atoms in total. The van der Waals surface area contributed by atoms with Crippen LogP contribution in [0.2, 0.25) is 0 Å². The monoisotopic (exact) mass is 374 g/mol. The molecule has 2 aromatic rings. The van der Waals surface area contributed by atoms with Gasteiger partial charge < -0.3 is 29.5 Å². The molecule has 0 aliphatic heterocycles. The number of carbonyl (C=O) groups excluding carboxylic acids is 1. The number of aliphatic hydroxyl groups excluding tert-OH is 2. The Balaban J connectivity index is 2.25. The fraction of sp³-hybridized carbons (Fsp3) is 0.250. The smallest absolute Gasteiger partial charge is 0.161 e. The van der Waals surface area contributed by atoms with E-state index in [2.05, 4.69) is 0 Å². The van der Waals surface area contributed by atoms with Gasteiger partial charge in [-0.05, 0) is 41.5 Å². The highest BCUT2D eigenvalue weighted by Gasteiger charge is 2.24. The van der Waals surface area contributed by atoms with Gasteiger partial charge in [0.05, 0.1) is 20.8 Å². The Kier molecular flexibility index (Phi) is 7.22. The summed E-state index contributed by atoms with van der Waals surface area (Å²) < 4.78 is 16.1. The van der Waals surface area contributed by atoms with Gasteiger partial charge in [0.1, 0.15) is 12.4 Å². The first-order chi connectivity index (χ1) is 13.0. The number of phenols is 1. The first kappa shape index (κ1) is 20.3. The zero-order chi connectivity index (χ0) is 19.8. The van der Waals surface area contributed by atoms with E-state index in [9.17, 15) is 20.1 Å². The Morgan fingerprint density at radius 2 is 1.78 bits per heavy atom. The topological polar surface area (TPSA) is 105 Å². The maximum Gasteiger partial charge on any atom is 0.161 e. The summed E-state index contributed by atoms with van der Waals surface area (Å²) in [6.45, 7) is -0.458. The van der Waals surface area contributed by atoms with Crippen molar-refractivity contribution in [3.05, 3.63) is 53.6 Å². The van der Waals surface area contributed by atoms with Crippen LogP contribution in [0.15, 0.2) is 42.5 Å². The van der Waals surface area contributed by atoms with Gasteiger partial charge in [0.15, 0.2) is 29.1 Å². The van der Waals surface area contributed by atoms with Gasteiger partial charge in [0.25, 0.3) is 0 Å². The van der Waals surface area contributed by atoms with Gasteiger partial charge >= 0.3 is 0 Å². The van der Waals surface area contributed by atoms with Crippen molar-refractivity contribution in [2.45, 2.75) is 12.2 Å². The molecule has 0 fully saturated rings. The van der Waals surface area contributed by atoms with Crippen molar-refractivity contribution in [1.29, 1.82) is 0 Å². The van der Waals surface area contributed by atoms with Crippen LogP contribution < -0.4 is 14.2 Å². The van der Waals surface area contributed by atoms with Crippen molar-refractivity contribution >= 4 is 12.4 Å². The van der Waals surface area contributed by atoms with Crippen molar-refractivity contribution in [2.75, 3.05) is 20.8 Å². The van der Waals surface area contributed by atoms with Gasteiger partial charge in [-0.2, -0.15) is 0 Å². The number of benzene rings is 2. The summed E-state index contributed by atoms with van der Waals surface area (Å²) >= 11 is 0. The molecular formula is C20H22O7. The standard InChI is InChI=1S/C20H22O7/c1-25-17-11-14(6-7-15(17)23)20(24)19(12-22)27-16-8-5-13(4-3-9-21)10-18(16)26-2/h3-11,19-20,22-24H,12H2,1-2H3/b4-3+/t19-,20-/m1/s1. The number of aromatic hydroxyl groups is 1. The molecular weight excluding hydrogens is 352 g/mol. The van der Waals surface area contributed by atoms with Crippen molar-refractivity contribution in [2.24, 2.45) is 0 Å². The Morgan fingerprint density at radius 3 is 2.41 bits per heavy atom. The summed E-state index contributed by atoms with van der Waals surface area (Å²) in [7, 11) is 2.86. The molecule has 0 spiro atoms. The van der Waals surface area contributed by atoms with Crippen LogP contribution in [0.4, 0.5) is 0 Å². The molecule has 7 heteroatoms. The average molecular weight is 374 g/mol. The maximum atomic E-state index is 10.6. The largest absolute Gasteiger partial charge is 0.504 e. The van der Waals surface area contributed by atoms with Crippen LogP contribution in [-0.2, 0) is 4.79 Å². The molecule has 2 rings (SSSR count). The molecule has 0 aliphatic rings. The van der Waals surface area contributed by atoms with Crippen LogP contribution in [0, 0.1) is 0 Å². The van der Waals surface area contributed by atoms with Crippen LogP contribution in [0.1, 0.15) is 17.2 Å².